The molecule has 2 aromatic rings. The molecular weight excluding hydrogens is 293 g/mol. The van der Waals surface area contributed by atoms with E-state index in [1.165, 1.54) is 30.0 Å². The molecule has 112 valence electrons. The summed E-state index contributed by atoms with van der Waals surface area (Å²) in [4.78, 5) is 15.9. The second kappa shape index (κ2) is 7.12. The molecule has 0 aliphatic rings. The number of nitrogens with two attached hydrogens (primary N) is 1. The quantitative estimate of drug-likeness (QED) is 0.486. The fourth-order valence-electron chi connectivity index (χ4n) is 1.65. The minimum absolute atomic E-state index is 0.155. The summed E-state index contributed by atoms with van der Waals surface area (Å²) < 4.78 is 18.1. The Morgan fingerprint density at radius 3 is 3.00 bits per heavy atom. The molecule has 0 unspecified atom stereocenters. The van der Waals surface area contributed by atoms with Crippen molar-refractivity contribution in [3.8, 4) is 0 Å². The Hall–Kier alpha value is -2.02. The number of aryl methyl sites for hydroxylation is 1. The molecule has 0 aliphatic carbocycles. The molecule has 1 heterocycles. The van der Waals surface area contributed by atoms with Crippen LogP contribution in [0.1, 0.15) is 18.5 Å². The van der Waals surface area contributed by atoms with Crippen LogP contribution in [-0.2, 0) is 4.79 Å². The van der Waals surface area contributed by atoms with Gasteiger partial charge < -0.3 is 15.5 Å². The van der Waals surface area contributed by atoms with Gasteiger partial charge in [0.15, 0.2) is 0 Å². The van der Waals surface area contributed by atoms with Gasteiger partial charge in [0, 0.05) is 12.2 Å². The van der Waals surface area contributed by atoms with Gasteiger partial charge in [0.2, 0.25) is 5.91 Å². The van der Waals surface area contributed by atoms with Gasteiger partial charge in [0.25, 0.3) is 5.22 Å². The Morgan fingerprint density at radius 1 is 1.52 bits per heavy atom. The van der Waals surface area contributed by atoms with E-state index < -0.39 is 5.82 Å². The van der Waals surface area contributed by atoms with Gasteiger partial charge in [-0.15, -0.1) is 0 Å². The molecule has 1 aromatic carbocycles. The van der Waals surface area contributed by atoms with E-state index in [0.717, 1.165) is 11.4 Å². The van der Waals surface area contributed by atoms with Gasteiger partial charge in [-0.05, 0) is 31.5 Å². The van der Waals surface area contributed by atoms with Crippen molar-refractivity contribution in [2.45, 2.75) is 25.0 Å². The molecule has 0 saturated heterocycles. The monoisotopic (exact) mass is 309 g/mol. The van der Waals surface area contributed by atoms with Gasteiger partial charge in [-0.2, -0.15) is 0 Å². The molecule has 2 rings (SSSR count). The Kier molecular flexibility index (Phi) is 5.21. The van der Waals surface area contributed by atoms with Crippen molar-refractivity contribution >= 4 is 29.0 Å². The zero-order valence-corrected chi connectivity index (χ0v) is 12.4. The third-order valence-electron chi connectivity index (χ3n) is 2.66. The van der Waals surface area contributed by atoms with E-state index in [4.69, 9.17) is 10.2 Å². The molecule has 0 bridgehead atoms. The van der Waals surface area contributed by atoms with E-state index in [2.05, 4.69) is 10.3 Å². The summed E-state index contributed by atoms with van der Waals surface area (Å²) in [6, 6.07) is 3.88. The van der Waals surface area contributed by atoms with Gasteiger partial charge >= 0.3 is 0 Å². The number of aromatic nitrogens is 1. The van der Waals surface area contributed by atoms with Gasteiger partial charge in [0.05, 0.1) is 17.1 Å². The van der Waals surface area contributed by atoms with Gasteiger partial charge in [-0.1, -0.05) is 11.8 Å². The van der Waals surface area contributed by atoms with Crippen LogP contribution in [0.5, 0.6) is 0 Å². The first-order valence-electron chi connectivity index (χ1n) is 6.44. The Morgan fingerprint density at radius 2 is 2.33 bits per heavy atom. The number of carbonyl (C=O) groups is 1. The number of nitrogen functional groups attached to an aromatic ring is 1. The standard InChI is InChI=1S/C14H16FN3O2S/c1-9-8-20-14(17-9)21-6-2-3-13(19)18-12-5-4-10(15)7-11(12)16/h4-5,7-8H,2-3,6,16H2,1H3,(H,18,19). The zero-order chi connectivity index (χ0) is 15.2. The number of amides is 1. The second-order valence-electron chi connectivity index (χ2n) is 4.49. The van der Waals surface area contributed by atoms with Crippen molar-refractivity contribution in [1.29, 1.82) is 0 Å². The van der Waals surface area contributed by atoms with Crippen molar-refractivity contribution in [3.63, 3.8) is 0 Å². The number of anilines is 2. The lowest BCUT2D eigenvalue weighted by atomic mass is 10.2. The van der Waals surface area contributed by atoms with Crippen molar-refractivity contribution in [1.82, 2.24) is 4.98 Å². The molecule has 0 saturated carbocycles. The topological polar surface area (TPSA) is 81.2 Å². The maximum absolute atomic E-state index is 12.9. The highest BCUT2D eigenvalue weighted by Crippen LogP contribution is 2.20. The molecule has 0 radical (unpaired) electrons. The zero-order valence-electron chi connectivity index (χ0n) is 11.6. The number of nitrogens with zero attached hydrogens (tertiary/aromatic N) is 1. The van der Waals surface area contributed by atoms with E-state index in [0.29, 0.717) is 23.8 Å². The fraction of sp³-hybridized carbons (Fsp3) is 0.286. The number of hydrogen-bond acceptors (Lipinski definition) is 5. The molecule has 1 aromatic heterocycles. The molecule has 1 amide bonds. The summed E-state index contributed by atoms with van der Waals surface area (Å²) in [5.74, 6) is 0.146. The normalized spacial score (nSPS) is 10.6. The first kappa shape index (κ1) is 15.4. The molecule has 21 heavy (non-hydrogen) atoms. The Balaban J connectivity index is 1.72. The van der Waals surface area contributed by atoms with Crippen LogP contribution < -0.4 is 11.1 Å². The average molecular weight is 309 g/mol. The van der Waals surface area contributed by atoms with Gasteiger partial charge in [-0.25, -0.2) is 9.37 Å². The van der Waals surface area contributed by atoms with Crippen LogP contribution in [0.3, 0.4) is 0 Å². The molecule has 0 atom stereocenters. The molecular formula is C14H16FN3O2S. The average Bonchev–Trinajstić information content (AvgIpc) is 2.84. The summed E-state index contributed by atoms with van der Waals surface area (Å²) in [7, 11) is 0. The smallest absolute Gasteiger partial charge is 0.255 e. The third-order valence-corrected chi connectivity index (χ3v) is 3.59. The van der Waals surface area contributed by atoms with Gasteiger partial charge in [-0.3, -0.25) is 4.79 Å². The van der Waals surface area contributed by atoms with E-state index in [1.807, 2.05) is 6.92 Å². The predicted octanol–water partition coefficient (Wildman–Crippen LogP) is 3.22. The molecule has 0 fully saturated rings. The second-order valence-corrected chi connectivity index (χ2v) is 5.53. The fourth-order valence-corrected chi connectivity index (χ4v) is 2.44. The SMILES string of the molecule is Cc1coc(SCCCC(=O)Nc2ccc(F)cc2N)n1. The maximum Gasteiger partial charge on any atom is 0.255 e. The maximum atomic E-state index is 12.9. The number of thioether (sulfide) groups is 1. The first-order valence-corrected chi connectivity index (χ1v) is 7.43. The molecule has 0 spiro atoms. The molecule has 5 nitrogen and oxygen atoms in total. The van der Waals surface area contributed by atoms with E-state index in [9.17, 15) is 9.18 Å². The van der Waals surface area contributed by atoms with E-state index in [1.54, 1.807) is 6.26 Å². The third kappa shape index (κ3) is 4.78. The number of halogens is 1. The van der Waals surface area contributed by atoms with Crippen LogP contribution in [0.2, 0.25) is 0 Å². The number of rotatable bonds is 6. The largest absolute Gasteiger partial charge is 0.440 e. The van der Waals surface area contributed by atoms with Crippen molar-refractivity contribution in [2.24, 2.45) is 0 Å². The molecule has 3 N–H and O–H groups in total. The summed E-state index contributed by atoms with van der Waals surface area (Å²) in [6.07, 6.45) is 2.62. The summed E-state index contributed by atoms with van der Waals surface area (Å²) in [5.41, 5.74) is 7.10. The van der Waals surface area contributed by atoms with E-state index in [-0.39, 0.29) is 11.6 Å². The van der Waals surface area contributed by atoms with Crippen molar-refractivity contribution in [3.05, 3.63) is 36.0 Å². The lowest BCUT2D eigenvalue weighted by Crippen LogP contribution is -2.13. The lowest BCUT2D eigenvalue weighted by molar-refractivity contribution is -0.116. The van der Waals surface area contributed by atoms with Crippen LogP contribution in [0.4, 0.5) is 15.8 Å². The highest BCUT2D eigenvalue weighted by atomic mass is 32.2. The summed E-state index contributed by atoms with van der Waals surface area (Å²) in [6.45, 7) is 1.86. The molecule has 7 heteroatoms. The van der Waals surface area contributed by atoms with Crippen LogP contribution in [0.15, 0.2) is 34.1 Å². The minimum atomic E-state index is -0.428. The predicted molar refractivity (Wildman–Crippen MR) is 80.6 cm³/mol. The number of oxazole rings is 1. The van der Waals surface area contributed by atoms with E-state index >= 15 is 0 Å². The number of hydrogen-bond donors (Lipinski definition) is 2. The van der Waals surface area contributed by atoms with Crippen molar-refractivity contribution in [2.75, 3.05) is 16.8 Å². The summed E-state index contributed by atoms with van der Waals surface area (Å²) in [5, 5.41) is 3.27. The van der Waals surface area contributed by atoms with Gasteiger partial charge in [0.1, 0.15) is 12.1 Å². The van der Waals surface area contributed by atoms with Crippen LogP contribution in [0, 0.1) is 12.7 Å². The van der Waals surface area contributed by atoms with Crippen LogP contribution in [0.25, 0.3) is 0 Å². The molecule has 0 aliphatic heterocycles. The lowest BCUT2D eigenvalue weighted by Gasteiger charge is -2.07. The first-order chi connectivity index (χ1) is 10.0. The Bertz CT molecular complexity index is 630. The van der Waals surface area contributed by atoms with Crippen LogP contribution in [-0.4, -0.2) is 16.6 Å². The van der Waals surface area contributed by atoms with Crippen LogP contribution >= 0.6 is 11.8 Å². The summed E-state index contributed by atoms with van der Waals surface area (Å²) >= 11 is 1.46. The van der Waals surface area contributed by atoms with Crippen molar-refractivity contribution < 1.29 is 13.6 Å². The highest BCUT2D eigenvalue weighted by Gasteiger charge is 2.07. The minimum Gasteiger partial charge on any atom is -0.440 e. The number of benzene rings is 1. The number of carbonyl (C=O) groups excluding carboxylic acids is 1. The number of nitrogens with one attached hydrogen (secondary N) is 1. The highest BCUT2D eigenvalue weighted by molar-refractivity contribution is 7.99. The Labute approximate surface area is 126 Å².